The molecule has 104 valence electrons. The Morgan fingerprint density at radius 3 is 2.42 bits per heavy atom. The number of benzene rings is 1. The van der Waals surface area contributed by atoms with E-state index in [2.05, 4.69) is 17.0 Å². The number of nitrogens with zero attached hydrogens (tertiary/aromatic N) is 1. The molecule has 1 aromatic carbocycles. The molecule has 1 amide bonds. The van der Waals surface area contributed by atoms with Gasteiger partial charge in [0.15, 0.2) is 0 Å². The summed E-state index contributed by atoms with van der Waals surface area (Å²) in [7, 11) is 0. The summed E-state index contributed by atoms with van der Waals surface area (Å²) >= 11 is 0. The van der Waals surface area contributed by atoms with Crippen LogP contribution in [0.5, 0.6) is 0 Å². The molecule has 19 heavy (non-hydrogen) atoms. The lowest BCUT2D eigenvalue weighted by Crippen LogP contribution is -2.44. The van der Waals surface area contributed by atoms with E-state index in [0.717, 1.165) is 18.4 Å². The zero-order valence-corrected chi connectivity index (χ0v) is 11.3. The molecule has 0 spiro atoms. The van der Waals surface area contributed by atoms with Gasteiger partial charge in [0.05, 0.1) is 6.54 Å². The van der Waals surface area contributed by atoms with Crippen LogP contribution in [0.15, 0.2) is 30.3 Å². The molecule has 4 heteroatoms. The Morgan fingerprint density at radius 2 is 1.89 bits per heavy atom. The van der Waals surface area contributed by atoms with Crippen molar-refractivity contribution in [1.29, 1.82) is 0 Å². The molecule has 4 nitrogen and oxygen atoms in total. The maximum absolute atomic E-state index is 11.4. The number of hydrogen-bond donors (Lipinski definition) is 2. The van der Waals surface area contributed by atoms with E-state index in [1.165, 1.54) is 12.8 Å². The summed E-state index contributed by atoms with van der Waals surface area (Å²) in [4.78, 5) is 13.6. The Labute approximate surface area is 114 Å². The summed E-state index contributed by atoms with van der Waals surface area (Å²) in [5.74, 6) is -0.277. The number of hydrogen-bond acceptors (Lipinski definition) is 3. The molecule has 0 radical (unpaired) electrons. The Bertz CT molecular complexity index is 401. The van der Waals surface area contributed by atoms with E-state index in [1.54, 1.807) is 0 Å². The van der Waals surface area contributed by atoms with Gasteiger partial charge in [0, 0.05) is 18.6 Å². The van der Waals surface area contributed by atoms with Crippen LogP contribution in [0.25, 0.3) is 0 Å². The quantitative estimate of drug-likeness (QED) is 0.813. The number of primary amides is 1. The highest BCUT2D eigenvalue weighted by Gasteiger charge is 2.29. The van der Waals surface area contributed by atoms with Gasteiger partial charge in [0.1, 0.15) is 0 Å². The van der Waals surface area contributed by atoms with Crippen molar-refractivity contribution >= 4 is 5.91 Å². The van der Waals surface area contributed by atoms with Crippen LogP contribution in [-0.4, -0.2) is 29.9 Å². The number of carbonyl (C=O) groups excluding carboxylic acids is 1. The second-order valence-electron chi connectivity index (χ2n) is 5.24. The van der Waals surface area contributed by atoms with E-state index in [9.17, 15) is 4.79 Å². The van der Waals surface area contributed by atoms with Crippen molar-refractivity contribution in [2.45, 2.75) is 37.8 Å². The van der Waals surface area contributed by atoms with Crippen molar-refractivity contribution in [3.63, 3.8) is 0 Å². The summed E-state index contributed by atoms with van der Waals surface area (Å²) in [5.41, 5.74) is 12.5. The fourth-order valence-corrected chi connectivity index (χ4v) is 3.05. The first-order chi connectivity index (χ1) is 9.22. The largest absolute Gasteiger partial charge is 0.369 e. The van der Waals surface area contributed by atoms with E-state index in [1.807, 2.05) is 18.2 Å². The summed E-state index contributed by atoms with van der Waals surface area (Å²) in [6.07, 6.45) is 4.73. The highest BCUT2D eigenvalue weighted by atomic mass is 16.1. The van der Waals surface area contributed by atoms with Gasteiger partial charge in [-0.15, -0.1) is 0 Å². The van der Waals surface area contributed by atoms with Crippen molar-refractivity contribution in [2.24, 2.45) is 11.5 Å². The second kappa shape index (κ2) is 6.68. The minimum Gasteiger partial charge on any atom is -0.369 e. The number of rotatable bonds is 6. The highest BCUT2D eigenvalue weighted by Crippen LogP contribution is 2.30. The van der Waals surface area contributed by atoms with Crippen molar-refractivity contribution in [2.75, 3.05) is 13.1 Å². The average molecular weight is 261 g/mol. The minimum atomic E-state index is -0.277. The molecule has 1 saturated carbocycles. The van der Waals surface area contributed by atoms with Crippen LogP contribution in [-0.2, 0) is 4.79 Å². The predicted octanol–water partition coefficient (Wildman–Crippen LogP) is 1.42. The van der Waals surface area contributed by atoms with Crippen molar-refractivity contribution in [3.05, 3.63) is 35.9 Å². The fraction of sp³-hybridized carbons (Fsp3) is 0.533. The highest BCUT2D eigenvalue weighted by molar-refractivity contribution is 5.76. The lowest BCUT2D eigenvalue weighted by atomic mass is 10.0. The Kier molecular flexibility index (Phi) is 4.93. The summed E-state index contributed by atoms with van der Waals surface area (Å²) in [6, 6.07) is 10.7. The molecule has 1 unspecified atom stereocenters. The molecule has 2 rings (SSSR count). The van der Waals surface area contributed by atoms with Gasteiger partial charge in [-0.3, -0.25) is 9.69 Å². The van der Waals surface area contributed by atoms with Gasteiger partial charge in [-0.2, -0.15) is 0 Å². The van der Waals surface area contributed by atoms with E-state index in [0.29, 0.717) is 19.1 Å². The third-order valence-electron chi connectivity index (χ3n) is 3.94. The maximum Gasteiger partial charge on any atom is 0.231 e. The van der Waals surface area contributed by atoms with E-state index in [4.69, 9.17) is 11.5 Å². The monoisotopic (exact) mass is 261 g/mol. The van der Waals surface area contributed by atoms with Gasteiger partial charge >= 0.3 is 0 Å². The fourth-order valence-electron chi connectivity index (χ4n) is 3.05. The number of amides is 1. The molecule has 0 saturated heterocycles. The van der Waals surface area contributed by atoms with Crippen molar-refractivity contribution in [3.8, 4) is 0 Å². The molecule has 1 aliphatic carbocycles. The molecule has 1 fully saturated rings. The minimum absolute atomic E-state index is 0.0804. The Morgan fingerprint density at radius 1 is 1.26 bits per heavy atom. The van der Waals surface area contributed by atoms with Gasteiger partial charge in [-0.25, -0.2) is 0 Å². The third-order valence-corrected chi connectivity index (χ3v) is 3.94. The zero-order chi connectivity index (χ0) is 13.7. The number of nitrogens with two attached hydrogens (primary N) is 2. The van der Waals surface area contributed by atoms with Crippen LogP contribution >= 0.6 is 0 Å². The van der Waals surface area contributed by atoms with Gasteiger partial charge in [-0.1, -0.05) is 43.2 Å². The summed E-state index contributed by atoms with van der Waals surface area (Å²) in [6.45, 7) is 0.801. The molecule has 0 heterocycles. The molecular weight excluding hydrogens is 238 g/mol. The lowest BCUT2D eigenvalue weighted by molar-refractivity contribution is -0.120. The first-order valence-corrected chi connectivity index (χ1v) is 7.01. The van der Waals surface area contributed by atoms with Crippen molar-refractivity contribution in [1.82, 2.24) is 4.90 Å². The van der Waals surface area contributed by atoms with Gasteiger partial charge < -0.3 is 11.5 Å². The molecule has 0 aromatic heterocycles. The van der Waals surface area contributed by atoms with Crippen LogP contribution in [0.4, 0.5) is 0 Å². The van der Waals surface area contributed by atoms with Gasteiger partial charge in [-0.05, 0) is 18.4 Å². The second-order valence-corrected chi connectivity index (χ2v) is 5.24. The Balaban J connectivity index is 2.21. The third kappa shape index (κ3) is 3.55. The van der Waals surface area contributed by atoms with E-state index < -0.39 is 0 Å². The van der Waals surface area contributed by atoms with E-state index >= 15 is 0 Å². The van der Waals surface area contributed by atoms with Crippen LogP contribution in [0, 0.1) is 0 Å². The molecule has 0 bridgehead atoms. The normalized spacial score (nSPS) is 17.8. The maximum atomic E-state index is 11.4. The first-order valence-electron chi connectivity index (χ1n) is 7.01. The van der Waals surface area contributed by atoms with Crippen LogP contribution in [0.3, 0.4) is 0 Å². The zero-order valence-electron chi connectivity index (χ0n) is 11.3. The Hall–Kier alpha value is -1.39. The topological polar surface area (TPSA) is 72.3 Å². The number of carbonyl (C=O) groups is 1. The molecule has 1 atom stereocenters. The molecule has 4 N–H and O–H groups in total. The lowest BCUT2D eigenvalue weighted by Gasteiger charge is -2.35. The smallest absolute Gasteiger partial charge is 0.231 e. The SMILES string of the molecule is NCC(c1ccccc1)N(CC(N)=O)C1CCCC1. The predicted molar refractivity (Wildman–Crippen MR) is 76.4 cm³/mol. The van der Waals surface area contributed by atoms with Crippen LogP contribution in [0.2, 0.25) is 0 Å². The molecule has 1 aromatic rings. The van der Waals surface area contributed by atoms with Crippen LogP contribution in [0.1, 0.15) is 37.3 Å². The van der Waals surface area contributed by atoms with Gasteiger partial charge in [0.25, 0.3) is 0 Å². The summed E-state index contributed by atoms with van der Waals surface area (Å²) in [5, 5.41) is 0. The van der Waals surface area contributed by atoms with E-state index in [-0.39, 0.29) is 11.9 Å². The average Bonchev–Trinajstić information content (AvgIpc) is 2.93. The molecule has 1 aliphatic rings. The molecule has 0 aliphatic heterocycles. The van der Waals surface area contributed by atoms with Crippen LogP contribution < -0.4 is 11.5 Å². The van der Waals surface area contributed by atoms with Crippen molar-refractivity contribution < 1.29 is 4.79 Å². The standard InChI is InChI=1S/C15H23N3O/c16-10-14(12-6-2-1-3-7-12)18(11-15(17)19)13-8-4-5-9-13/h1-3,6-7,13-14H,4-5,8-11,16H2,(H2,17,19). The summed E-state index contributed by atoms with van der Waals surface area (Å²) < 4.78 is 0. The molecular formula is C15H23N3O. The first kappa shape index (κ1) is 14.0. The van der Waals surface area contributed by atoms with Gasteiger partial charge in [0.2, 0.25) is 5.91 Å².